The molecule has 6 N–H and O–H groups in total. The van der Waals surface area contributed by atoms with Gasteiger partial charge in [-0.05, 0) is 48.6 Å². The summed E-state index contributed by atoms with van der Waals surface area (Å²) in [7, 11) is 0. The van der Waals surface area contributed by atoms with Gasteiger partial charge in [0, 0.05) is 53.8 Å². The van der Waals surface area contributed by atoms with Gasteiger partial charge in [-0.25, -0.2) is 9.21 Å². The summed E-state index contributed by atoms with van der Waals surface area (Å²) < 4.78 is 1.98. The molecular weight excluding hydrogens is 532 g/mol. The largest absolute Gasteiger partial charge is 0.396 e. The van der Waals surface area contributed by atoms with Gasteiger partial charge in [-0.1, -0.05) is 54.6 Å². The van der Waals surface area contributed by atoms with Crippen molar-refractivity contribution in [2.45, 2.75) is 18.9 Å². The highest BCUT2D eigenvalue weighted by atomic mass is 32.2. The zero-order valence-corrected chi connectivity index (χ0v) is 23.3. The molecule has 0 aliphatic carbocycles. The number of hydrazine groups is 1. The van der Waals surface area contributed by atoms with Gasteiger partial charge in [0.05, 0.1) is 23.3 Å². The fraction of sp³-hybridized carbons (Fsp3) is 0.226. The molecule has 10 heteroatoms. The van der Waals surface area contributed by atoms with Crippen LogP contribution in [0.15, 0.2) is 83.3 Å². The quantitative estimate of drug-likeness (QED) is 0.217. The summed E-state index contributed by atoms with van der Waals surface area (Å²) in [6.45, 7) is 2.67. The van der Waals surface area contributed by atoms with Crippen LogP contribution in [-0.4, -0.2) is 40.6 Å². The monoisotopic (exact) mass is 564 g/mol. The average Bonchev–Trinajstić information content (AvgIpc) is 3.67. The van der Waals surface area contributed by atoms with Crippen molar-refractivity contribution in [1.29, 1.82) is 0 Å². The van der Waals surface area contributed by atoms with Crippen LogP contribution >= 0.6 is 11.9 Å². The first kappa shape index (κ1) is 25.6. The number of rotatable bonds is 6. The number of piperidine rings is 1. The van der Waals surface area contributed by atoms with Crippen LogP contribution in [0.4, 0.5) is 17.2 Å². The van der Waals surface area contributed by atoms with E-state index in [4.69, 9.17) is 10.7 Å². The molecule has 0 radical (unpaired) electrons. The molecule has 4 aromatic rings. The number of aromatic nitrogens is 3. The first-order valence-electron chi connectivity index (χ1n) is 13.9. The van der Waals surface area contributed by atoms with Crippen LogP contribution in [-0.2, 0) is 6.42 Å². The van der Waals surface area contributed by atoms with Crippen LogP contribution < -0.4 is 31.5 Å². The fourth-order valence-corrected chi connectivity index (χ4v) is 6.92. The van der Waals surface area contributed by atoms with Crippen LogP contribution in [0, 0.1) is 5.92 Å². The van der Waals surface area contributed by atoms with E-state index in [0.717, 1.165) is 72.1 Å². The van der Waals surface area contributed by atoms with Crippen molar-refractivity contribution < 1.29 is 0 Å². The number of hydrogen-bond acceptors (Lipinski definition) is 8. The molecule has 2 aromatic heterocycles. The minimum atomic E-state index is -0.160. The van der Waals surface area contributed by atoms with E-state index in [1.165, 1.54) is 5.56 Å². The lowest BCUT2D eigenvalue weighted by Crippen LogP contribution is -2.51. The summed E-state index contributed by atoms with van der Waals surface area (Å²) in [5.74, 6) is 1.27. The minimum absolute atomic E-state index is 0.160. The summed E-state index contributed by atoms with van der Waals surface area (Å²) in [4.78, 5) is 25.3. The zero-order valence-electron chi connectivity index (χ0n) is 22.5. The van der Waals surface area contributed by atoms with E-state index in [2.05, 4.69) is 68.1 Å². The van der Waals surface area contributed by atoms with Crippen molar-refractivity contribution in [2.24, 2.45) is 5.92 Å². The van der Waals surface area contributed by atoms with Crippen molar-refractivity contribution in [2.75, 3.05) is 34.7 Å². The van der Waals surface area contributed by atoms with Gasteiger partial charge in [-0.15, -0.1) is 0 Å². The van der Waals surface area contributed by atoms with Crippen LogP contribution in [0.2, 0.25) is 0 Å². The maximum absolute atomic E-state index is 12.1. The predicted octanol–water partition coefficient (Wildman–Crippen LogP) is 4.51. The van der Waals surface area contributed by atoms with Gasteiger partial charge in [0.1, 0.15) is 11.5 Å². The van der Waals surface area contributed by atoms with E-state index in [1.807, 2.05) is 40.3 Å². The highest BCUT2D eigenvalue weighted by molar-refractivity contribution is 8.03. The van der Waals surface area contributed by atoms with E-state index in [9.17, 15) is 4.79 Å². The number of fused-ring (bicyclic) bond motifs is 1. The lowest BCUT2D eigenvalue weighted by molar-refractivity contribution is 0.310. The Morgan fingerprint density at radius 1 is 1.07 bits per heavy atom. The molecule has 1 saturated heterocycles. The molecule has 3 aliphatic heterocycles. The molecular formula is C31H32N8OS. The molecule has 0 bridgehead atoms. The van der Waals surface area contributed by atoms with Gasteiger partial charge in [0.15, 0.2) is 0 Å². The lowest BCUT2D eigenvalue weighted by atomic mass is 9.85. The fourth-order valence-electron chi connectivity index (χ4n) is 6.26. The number of aromatic amines is 2. The number of imidazole rings is 1. The Morgan fingerprint density at radius 3 is 2.80 bits per heavy atom. The third-order valence-electron chi connectivity index (χ3n) is 8.05. The van der Waals surface area contributed by atoms with Gasteiger partial charge in [-0.2, -0.15) is 0 Å². The normalized spacial score (nSPS) is 19.8. The van der Waals surface area contributed by atoms with Crippen molar-refractivity contribution >= 4 is 35.2 Å². The molecule has 0 spiro atoms. The van der Waals surface area contributed by atoms with Crippen LogP contribution in [0.5, 0.6) is 0 Å². The maximum atomic E-state index is 12.1. The third-order valence-corrected chi connectivity index (χ3v) is 8.80. The van der Waals surface area contributed by atoms with Gasteiger partial charge in [0.2, 0.25) is 0 Å². The Bertz CT molecular complexity index is 1670. The number of nitrogens with two attached hydrogens (primary N) is 1. The molecule has 7 rings (SSSR count). The smallest absolute Gasteiger partial charge is 0.324 e. The lowest BCUT2D eigenvalue weighted by Gasteiger charge is -2.41. The molecule has 3 aliphatic rings. The van der Waals surface area contributed by atoms with Crippen molar-refractivity contribution in [3.63, 3.8) is 0 Å². The second-order valence-corrected chi connectivity index (χ2v) is 11.5. The Labute approximate surface area is 242 Å². The Kier molecular flexibility index (Phi) is 6.77. The van der Waals surface area contributed by atoms with Crippen LogP contribution in [0.3, 0.4) is 0 Å². The van der Waals surface area contributed by atoms with Crippen LogP contribution in [0.25, 0.3) is 28.5 Å². The summed E-state index contributed by atoms with van der Waals surface area (Å²) in [6.07, 6.45) is 9.70. The maximum Gasteiger partial charge on any atom is 0.324 e. The average molecular weight is 565 g/mol. The zero-order chi connectivity index (χ0) is 27.8. The number of benzene rings is 2. The second-order valence-electron chi connectivity index (χ2n) is 10.6. The molecule has 0 saturated carbocycles. The molecule has 2 atom stereocenters. The van der Waals surface area contributed by atoms with E-state index >= 15 is 0 Å². The highest BCUT2D eigenvalue weighted by Gasteiger charge is 2.33. The van der Waals surface area contributed by atoms with E-state index in [1.54, 1.807) is 18.1 Å². The molecule has 41 heavy (non-hydrogen) atoms. The van der Waals surface area contributed by atoms with E-state index in [-0.39, 0.29) is 5.69 Å². The number of anilines is 3. The number of H-pyrrole nitrogens is 2. The van der Waals surface area contributed by atoms with Crippen molar-refractivity contribution in [3.8, 4) is 22.4 Å². The topological polar surface area (TPSA) is 118 Å². The van der Waals surface area contributed by atoms with Crippen molar-refractivity contribution in [1.82, 2.24) is 25.7 Å². The first-order chi connectivity index (χ1) is 20.2. The number of pyridine rings is 1. The molecule has 9 nitrogen and oxygen atoms in total. The Hall–Kier alpha value is -4.41. The summed E-state index contributed by atoms with van der Waals surface area (Å²) in [5.41, 5.74) is 17.3. The van der Waals surface area contributed by atoms with Gasteiger partial charge in [0.25, 0.3) is 0 Å². The Morgan fingerprint density at radius 2 is 1.95 bits per heavy atom. The number of nitrogens with zero attached hydrogens (tertiary/aromatic N) is 3. The molecule has 1 fully saturated rings. The Balaban J connectivity index is 1.24. The predicted molar refractivity (Wildman–Crippen MR) is 168 cm³/mol. The summed E-state index contributed by atoms with van der Waals surface area (Å²) in [6, 6.07) is 19.3. The van der Waals surface area contributed by atoms with Gasteiger partial charge < -0.3 is 20.9 Å². The van der Waals surface area contributed by atoms with E-state index in [0.29, 0.717) is 17.6 Å². The third kappa shape index (κ3) is 4.89. The molecule has 208 valence electrons. The number of nitrogen functional groups attached to an aromatic ring is 1. The molecule has 2 aromatic carbocycles. The number of hydrogen-bond donors (Lipinski definition) is 5. The minimum Gasteiger partial charge on any atom is -0.396 e. The van der Waals surface area contributed by atoms with Gasteiger partial charge in [-0.3, -0.25) is 15.4 Å². The second kappa shape index (κ2) is 10.9. The van der Waals surface area contributed by atoms with E-state index < -0.39 is 0 Å². The van der Waals surface area contributed by atoms with Crippen LogP contribution in [0.1, 0.15) is 17.7 Å². The first-order valence-corrected chi connectivity index (χ1v) is 14.8. The molecule has 2 unspecified atom stereocenters. The molecule has 0 amide bonds. The number of nitrogens with one attached hydrogen (secondary N) is 4. The standard InChI is InChI=1S/C31H32N8OS/c32-24-19-34-28(27(21-7-2-1-3-8-21)29(24)39-35-13-15-41-39)22-9-4-6-20(16-22)17-23-18-33-12-11-26(23)38-14-5-10-25-30(38)37-31(40)36-25/h1-10,13,15-16,19,23,26,33,35H,11-12,14,17-18,32H2,(H2,36,37,40). The summed E-state index contributed by atoms with van der Waals surface area (Å²) >= 11 is 1.55. The summed E-state index contributed by atoms with van der Waals surface area (Å²) in [5, 5.41) is 5.60. The van der Waals surface area contributed by atoms with Gasteiger partial charge >= 0.3 is 5.69 Å². The highest BCUT2D eigenvalue weighted by Crippen LogP contribution is 2.44. The van der Waals surface area contributed by atoms with Crippen molar-refractivity contribution in [3.05, 3.63) is 100 Å². The molecule has 5 heterocycles. The SMILES string of the molecule is Nc1cnc(-c2cccc(CC3CNCCC3N3CC=Cc4[nH]c(=O)[nH]c43)c2)c(-c2ccccc2)c1N1NC=CS1.